The zero-order valence-electron chi connectivity index (χ0n) is 5.44. The fourth-order valence-corrected chi connectivity index (χ4v) is 1.28. The summed E-state index contributed by atoms with van der Waals surface area (Å²) in [5.41, 5.74) is -0.874. The smallest absolute Gasteiger partial charge is 0.198 e. The molecule has 0 aliphatic carbocycles. The fraction of sp³-hybridized carbons (Fsp3) is 1.00. The SMILES string of the molecule is CS(=O)(=O)C1CCOOO1. The van der Waals surface area contributed by atoms with Crippen molar-refractivity contribution < 1.29 is 23.2 Å². The molecule has 6 heteroatoms. The molecule has 0 aromatic heterocycles. The van der Waals surface area contributed by atoms with Crippen molar-refractivity contribution in [3.63, 3.8) is 0 Å². The van der Waals surface area contributed by atoms with Crippen molar-refractivity contribution in [2.24, 2.45) is 0 Å². The predicted octanol–water partition coefficient (Wildman–Crippen LogP) is -0.359. The second-order valence-corrected chi connectivity index (χ2v) is 4.22. The summed E-state index contributed by atoms with van der Waals surface area (Å²) in [4.78, 5) is 8.64. The first-order chi connectivity index (χ1) is 4.61. The van der Waals surface area contributed by atoms with E-state index in [0.29, 0.717) is 6.42 Å². The van der Waals surface area contributed by atoms with E-state index >= 15 is 0 Å². The summed E-state index contributed by atoms with van der Waals surface area (Å²) in [5.74, 6) is 0. The van der Waals surface area contributed by atoms with E-state index in [1.807, 2.05) is 0 Å². The van der Waals surface area contributed by atoms with E-state index in [1.165, 1.54) is 0 Å². The van der Waals surface area contributed by atoms with Crippen LogP contribution in [0.25, 0.3) is 0 Å². The Kier molecular flexibility index (Phi) is 2.24. The number of rotatable bonds is 1. The van der Waals surface area contributed by atoms with Gasteiger partial charge in [-0.2, -0.15) is 4.89 Å². The molecule has 1 aliphatic heterocycles. The van der Waals surface area contributed by atoms with Crippen LogP contribution in [0.2, 0.25) is 0 Å². The van der Waals surface area contributed by atoms with Crippen LogP contribution in [0.15, 0.2) is 0 Å². The maximum absolute atomic E-state index is 10.7. The van der Waals surface area contributed by atoms with E-state index in [9.17, 15) is 8.42 Å². The molecule has 0 amide bonds. The molecule has 0 aromatic rings. The maximum Gasteiger partial charge on any atom is 0.198 e. The van der Waals surface area contributed by atoms with Crippen LogP contribution >= 0.6 is 0 Å². The van der Waals surface area contributed by atoms with Crippen LogP contribution in [0.3, 0.4) is 0 Å². The van der Waals surface area contributed by atoms with Gasteiger partial charge in [-0.1, -0.05) is 5.04 Å². The van der Waals surface area contributed by atoms with Gasteiger partial charge in [-0.05, 0) is 0 Å². The summed E-state index contributed by atoms with van der Waals surface area (Å²) in [5, 5.41) is 4.03. The monoisotopic (exact) mass is 168 g/mol. The molecule has 0 aromatic carbocycles. The van der Waals surface area contributed by atoms with Crippen molar-refractivity contribution in [3.05, 3.63) is 0 Å². The van der Waals surface area contributed by atoms with Crippen LogP contribution in [0.4, 0.5) is 0 Å². The van der Waals surface area contributed by atoms with Gasteiger partial charge < -0.3 is 0 Å². The normalized spacial score (nSPS) is 28.3. The summed E-state index contributed by atoms with van der Waals surface area (Å²) in [7, 11) is -3.15. The van der Waals surface area contributed by atoms with Gasteiger partial charge >= 0.3 is 0 Å². The van der Waals surface area contributed by atoms with Crippen LogP contribution in [0.1, 0.15) is 6.42 Å². The molecule has 1 heterocycles. The third-order valence-corrected chi connectivity index (χ3v) is 2.38. The Morgan fingerprint density at radius 3 is 2.50 bits per heavy atom. The van der Waals surface area contributed by atoms with Gasteiger partial charge in [0.05, 0.1) is 6.61 Å². The van der Waals surface area contributed by atoms with Crippen LogP contribution in [0, 0.1) is 0 Å². The van der Waals surface area contributed by atoms with Crippen LogP contribution in [-0.2, 0) is 24.7 Å². The van der Waals surface area contributed by atoms with Crippen molar-refractivity contribution >= 4 is 9.84 Å². The van der Waals surface area contributed by atoms with E-state index in [0.717, 1.165) is 6.26 Å². The molecule has 0 saturated carbocycles. The standard InChI is InChI=1S/C4H8O5S/c1-10(5,6)4-2-3-7-9-8-4/h4H,2-3H2,1H3. The fourth-order valence-electron chi connectivity index (χ4n) is 0.583. The second kappa shape index (κ2) is 2.83. The molecule has 60 valence electrons. The predicted molar refractivity (Wildman–Crippen MR) is 31.4 cm³/mol. The summed E-state index contributed by atoms with van der Waals surface area (Å²) < 4.78 is 21.5. The molecule has 0 bridgehead atoms. The van der Waals surface area contributed by atoms with Crippen LogP contribution in [0.5, 0.6) is 0 Å². The average Bonchev–Trinajstić information content (AvgIpc) is 1.88. The quantitative estimate of drug-likeness (QED) is 0.500. The van der Waals surface area contributed by atoms with Crippen LogP contribution < -0.4 is 0 Å². The summed E-state index contributed by atoms with van der Waals surface area (Å²) in [6.07, 6.45) is 1.41. The molecule has 1 rings (SSSR count). The van der Waals surface area contributed by atoms with E-state index in [2.05, 4.69) is 14.8 Å². The molecule has 5 nitrogen and oxygen atoms in total. The van der Waals surface area contributed by atoms with Gasteiger partial charge in [-0.15, -0.1) is 0 Å². The van der Waals surface area contributed by atoms with Gasteiger partial charge in [-0.3, -0.25) is 0 Å². The lowest BCUT2D eigenvalue weighted by Crippen LogP contribution is -2.29. The number of sulfone groups is 1. The first-order valence-electron chi connectivity index (χ1n) is 2.74. The van der Waals surface area contributed by atoms with E-state index in [4.69, 9.17) is 0 Å². The number of hydrogen-bond donors (Lipinski definition) is 0. The Balaban J connectivity index is 2.56. The summed E-state index contributed by atoms with van der Waals surface area (Å²) in [6.45, 7) is 0.248. The first-order valence-corrected chi connectivity index (χ1v) is 4.70. The van der Waals surface area contributed by atoms with Gasteiger partial charge in [0, 0.05) is 12.7 Å². The number of hydrogen-bond acceptors (Lipinski definition) is 5. The van der Waals surface area contributed by atoms with Crippen molar-refractivity contribution in [1.29, 1.82) is 0 Å². The molecule has 1 atom stereocenters. The lowest BCUT2D eigenvalue weighted by molar-refractivity contribution is -0.538. The van der Waals surface area contributed by atoms with E-state index < -0.39 is 15.3 Å². The molecule has 1 unspecified atom stereocenters. The maximum atomic E-state index is 10.7. The molecular formula is C4H8O5S. The molecule has 1 fully saturated rings. The zero-order chi connectivity index (χ0) is 7.61. The lowest BCUT2D eigenvalue weighted by atomic mass is 10.5. The van der Waals surface area contributed by atoms with E-state index in [1.54, 1.807) is 0 Å². The highest BCUT2D eigenvalue weighted by molar-refractivity contribution is 7.91. The van der Waals surface area contributed by atoms with Gasteiger partial charge in [0.25, 0.3) is 0 Å². The highest BCUT2D eigenvalue weighted by Gasteiger charge is 2.26. The Labute approximate surface area is 58.7 Å². The van der Waals surface area contributed by atoms with Crippen molar-refractivity contribution in [2.45, 2.75) is 11.9 Å². The molecule has 0 spiro atoms. The Bertz CT molecular complexity index is 190. The first kappa shape index (κ1) is 7.93. The highest BCUT2D eigenvalue weighted by atomic mass is 32.2. The van der Waals surface area contributed by atoms with Crippen molar-refractivity contribution in [1.82, 2.24) is 0 Å². The van der Waals surface area contributed by atoms with Gasteiger partial charge in [0.15, 0.2) is 15.3 Å². The molecule has 0 radical (unpaired) electrons. The van der Waals surface area contributed by atoms with E-state index in [-0.39, 0.29) is 6.61 Å². The van der Waals surface area contributed by atoms with Crippen LogP contribution in [-0.4, -0.2) is 26.7 Å². The average molecular weight is 168 g/mol. The van der Waals surface area contributed by atoms with Crippen molar-refractivity contribution in [3.8, 4) is 0 Å². The Morgan fingerprint density at radius 2 is 2.20 bits per heavy atom. The second-order valence-electron chi connectivity index (χ2n) is 2.03. The molecule has 10 heavy (non-hydrogen) atoms. The summed E-state index contributed by atoms with van der Waals surface area (Å²) >= 11 is 0. The Morgan fingerprint density at radius 1 is 1.50 bits per heavy atom. The topological polar surface area (TPSA) is 61.8 Å². The third-order valence-electron chi connectivity index (χ3n) is 1.11. The lowest BCUT2D eigenvalue weighted by Gasteiger charge is -2.17. The minimum absolute atomic E-state index is 0.248. The minimum atomic E-state index is -3.15. The minimum Gasteiger partial charge on any atom is -0.226 e. The third kappa shape index (κ3) is 1.91. The zero-order valence-corrected chi connectivity index (χ0v) is 6.26. The summed E-state index contributed by atoms with van der Waals surface area (Å²) in [6, 6.07) is 0. The molecular weight excluding hydrogens is 160 g/mol. The van der Waals surface area contributed by atoms with Crippen molar-refractivity contribution in [2.75, 3.05) is 12.9 Å². The largest absolute Gasteiger partial charge is 0.226 e. The highest BCUT2D eigenvalue weighted by Crippen LogP contribution is 2.11. The van der Waals surface area contributed by atoms with Gasteiger partial charge in [0.1, 0.15) is 0 Å². The van der Waals surface area contributed by atoms with Gasteiger partial charge in [0.2, 0.25) is 0 Å². The molecule has 1 aliphatic rings. The Hall–Kier alpha value is -0.170. The molecule has 0 N–H and O–H groups in total. The van der Waals surface area contributed by atoms with Gasteiger partial charge in [-0.25, -0.2) is 13.3 Å². The molecule has 1 saturated heterocycles.